The van der Waals surface area contributed by atoms with Crippen molar-refractivity contribution < 1.29 is 9.31 Å². The third-order valence-electron chi connectivity index (χ3n) is 2.51. The van der Waals surface area contributed by atoms with Crippen LogP contribution in [-0.4, -0.2) is 11.5 Å². The molecule has 0 aliphatic rings. The van der Waals surface area contributed by atoms with Gasteiger partial charge in [-0.05, 0) is 25.1 Å². The molecule has 17 heavy (non-hydrogen) atoms. The van der Waals surface area contributed by atoms with Gasteiger partial charge < -0.3 is 5.32 Å². The first kappa shape index (κ1) is 13.6. The Morgan fingerprint density at radius 1 is 1.41 bits per heavy atom. The van der Waals surface area contributed by atoms with E-state index in [1.165, 1.54) is 12.1 Å². The lowest BCUT2D eigenvalue weighted by atomic mass is 10.1. The highest BCUT2D eigenvalue weighted by molar-refractivity contribution is 5.40. The number of nitrogens with zero attached hydrogens (tertiary/aromatic N) is 1. The molecule has 1 rings (SSSR count). The van der Waals surface area contributed by atoms with Crippen LogP contribution < -0.4 is 5.32 Å². The minimum absolute atomic E-state index is 0.0330. The summed E-state index contributed by atoms with van der Waals surface area (Å²) in [6.07, 6.45) is 3.28. The number of rotatable bonds is 7. The van der Waals surface area contributed by atoms with Crippen molar-refractivity contribution >= 4 is 5.69 Å². The molecule has 0 atom stereocenters. The standard InChI is InChI=1S/C12H17FN2O2/c1-2-3-4-7-14-9-10-8-11(13)5-6-12(10)15(16)17/h5-6,8,14H,2-4,7,9H2,1H3. The molecule has 5 heteroatoms. The minimum Gasteiger partial charge on any atom is -0.312 e. The molecule has 0 saturated carbocycles. The van der Waals surface area contributed by atoms with Crippen molar-refractivity contribution in [3.63, 3.8) is 0 Å². The molecule has 0 aliphatic carbocycles. The van der Waals surface area contributed by atoms with Gasteiger partial charge in [0.05, 0.1) is 4.92 Å². The van der Waals surface area contributed by atoms with Crippen molar-refractivity contribution in [2.45, 2.75) is 32.7 Å². The van der Waals surface area contributed by atoms with Gasteiger partial charge in [0.1, 0.15) is 5.82 Å². The zero-order valence-corrected chi connectivity index (χ0v) is 9.91. The van der Waals surface area contributed by atoms with Crippen molar-refractivity contribution in [1.29, 1.82) is 0 Å². The molecule has 4 nitrogen and oxygen atoms in total. The number of nitro groups is 1. The number of halogens is 1. The Bertz CT molecular complexity index is 383. The second-order valence-electron chi connectivity index (χ2n) is 3.91. The van der Waals surface area contributed by atoms with Crippen LogP contribution in [0.1, 0.15) is 31.7 Å². The van der Waals surface area contributed by atoms with Gasteiger partial charge in [-0.3, -0.25) is 10.1 Å². The number of hydrogen-bond acceptors (Lipinski definition) is 3. The fourth-order valence-corrected chi connectivity index (χ4v) is 1.60. The summed E-state index contributed by atoms with van der Waals surface area (Å²) in [6.45, 7) is 3.23. The normalized spacial score (nSPS) is 10.5. The largest absolute Gasteiger partial charge is 0.312 e. The van der Waals surface area contributed by atoms with Crippen LogP contribution in [0.5, 0.6) is 0 Å². The maximum Gasteiger partial charge on any atom is 0.274 e. The summed E-state index contributed by atoms with van der Waals surface area (Å²) in [4.78, 5) is 10.2. The van der Waals surface area contributed by atoms with Gasteiger partial charge in [-0.25, -0.2) is 4.39 Å². The minimum atomic E-state index is -0.484. The summed E-state index contributed by atoms with van der Waals surface area (Å²) in [7, 11) is 0. The summed E-state index contributed by atoms with van der Waals surface area (Å²) < 4.78 is 13.0. The van der Waals surface area contributed by atoms with E-state index in [0.29, 0.717) is 12.1 Å². The number of nitrogens with one attached hydrogen (secondary N) is 1. The van der Waals surface area contributed by atoms with Crippen molar-refractivity contribution in [2.75, 3.05) is 6.54 Å². The molecule has 0 bridgehead atoms. The third kappa shape index (κ3) is 4.48. The molecule has 94 valence electrons. The first-order valence-corrected chi connectivity index (χ1v) is 5.78. The van der Waals surface area contributed by atoms with E-state index in [0.717, 1.165) is 31.9 Å². The molecule has 0 saturated heterocycles. The summed E-state index contributed by atoms with van der Waals surface area (Å²) in [5.74, 6) is -0.444. The predicted octanol–water partition coefficient (Wildman–Crippen LogP) is 3.01. The van der Waals surface area contributed by atoms with E-state index < -0.39 is 10.7 Å². The molecule has 1 N–H and O–H groups in total. The molecule has 0 spiro atoms. The zero-order chi connectivity index (χ0) is 12.7. The topological polar surface area (TPSA) is 55.2 Å². The zero-order valence-electron chi connectivity index (χ0n) is 9.91. The Hall–Kier alpha value is -1.49. The van der Waals surface area contributed by atoms with Crippen LogP contribution in [0.3, 0.4) is 0 Å². The summed E-state index contributed by atoms with van der Waals surface area (Å²) >= 11 is 0. The molecular formula is C12H17FN2O2. The van der Waals surface area contributed by atoms with E-state index in [2.05, 4.69) is 12.2 Å². The van der Waals surface area contributed by atoms with Gasteiger partial charge in [-0.15, -0.1) is 0 Å². The third-order valence-corrected chi connectivity index (χ3v) is 2.51. The lowest BCUT2D eigenvalue weighted by Gasteiger charge is -2.05. The van der Waals surface area contributed by atoms with Gasteiger partial charge in [0.25, 0.3) is 5.69 Å². The summed E-state index contributed by atoms with van der Waals surface area (Å²) in [6, 6.07) is 3.53. The molecule has 0 unspecified atom stereocenters. The van der Waals surface area contributed by atoms with Crippen molar-refractivity contribution in [3.8, 4) is 0 Å². The van der Waals surface area contributed by atoms with Crippen LogP contribution >= 0.6 is 0 Å². The molecule has 0 radical (unpaired) electrons. The Labute approximate surface area is 100.0 Å². The molecule has 1 aromatic rings. The smallest absolute Gasteiger partial charge is 0.274 e. The van der Waals surface area contributed by atoms with Gasteiger partial charge in [0.15, 0.2) is 0 Å². The molecule has 0 aromatic heterocycles. The summed E-state index contributed by atoms with van der Waals surface area (Å²) in [5.41, 5.74) is 0.362. The monoisotopic (exact) mass is 240 g/mol. The van der Waals surface area contributed by atoms with Gasteiger partial charge >= 0.3 is 0 Å². The second kappa shape index (κ2) is 6.96. The van der Waals surface area contributed by atoms with Crippen LogP contribution in [0.4, 0.5) is 10.1 Å². The highest BCUT2D eigenvalue weighted by atomic mass is 19.1. The molecule has 0 heterocycles. The lowest BCUT2D eigenvalue weighted by molar-refractivity contribution is -0.385. The first-order valence-electron chi connectivity index (χ1n) is 5.78. The van der Waals surface area contributed by atoms with Crippen LogP contribution in [0.25, 0.3) is 0 Å². The number of benzene rings is 1. The van der Waals surface area contributed by atoms with E-state index in [1.807, 2.05) is 0 Å². The Balaban J connectivity index is 2.56. The SMILES string of the molecule is CCCCCNCc1cc(F)ccc1[N+](=O)[O-]. The van der Waals surface area contributed by atoms with E-state index in [-0.39, 0.29) is 5.69 Å². The van der Waals surface area contributed by atoms with Gasteiger partial charge in [0, 0.05) is 18.2 Å². The van der Waals surface area contributed by atoms with Gasteiger partial charge in [-0.2, -0.15) is 0 Å². The molecule has 0 aliphatic heterocycles. The second-order valence-corrected chi connectivity index (χ2v) is 3.91. The quantitative estimate of drug-likeness (QED) is 0.453. The lowest BCUT2D eigenvalue weighted by Crippen LogP contribution is -2.15. The first-order chi connectivity index (χ1) is 8.15. The Morgan fingerprint density at radius 2 is 2.18 bits per heavy atom. The van der Waals surface area contributed by atoms with Crippen LogP contribution in [0.2, 0.25) is 0 Å². The molecule has 0 fully saturated rings. The molecular weight excluding hydrogens is 223 g/mol. The average Bonchev–Trinajstić information content (AvgIpc) is 2.28. The Morgan fingerprint density at radius 3 is 2.82 bits per heavy atom. The maximum absolute atomic E-state index is 13.0. The highest BCUT2D eigenvalue weighted by Crippen LogP contribution is 2.19. The highest BCUT2D eigenvalue weighted by Gasteiger charge is 2.13. The van der Waals surface area contributed by atoms with Crippen LogP contribution in [0, 0.1) is 15.9 Å². The Kier molecular flexibility index (Phi) is 5.56. The van der Waals surface area contributed by atoms with Gasteiger partial charge in [-0.1, -0.05) is 19.8 Å². The molecule has 1 aromatic carbocycles. The fraction of sp³-hybridized carbons (Fsp3) is 0.500. The van der Waals surface area contributed by atoms with E-state index >= 15 is 0 Å². The maximum atomic E-state index is 13.0. The average molecular weight is 240 g/mol. The van der Waals surface area contributed by atoms with Crippen molar-refractivity contribution in [3.05, 3.63) is 39.7 Å². The van der Waals surface area contributed by atoms with Gasteiger partial charge in [0.2, 0.25) is 0 Å². The van der Waals surface area contributed by atoms with E-state index in [4.69, 9.17) is 0 Å². The van der Waals surface area contributed by atoms with Crippen LogP contribution in [-0.2, 0) is 6.54 Å². The van der Waals surface area contributed by atoms with Crippen molar-refractivity contribution in [2.24, 2.45) is 0 Å². The van der Waals surface area contributed by atoms with Crippen molar-refractivity contribution in [1.82, 2.24) is 5.32 Å². The van der Waals surface area contributed by atoms with E-state index in [1.54, 1.807) is 0 Å². The molecule has 0 amide bonds. The number of nitro benzene ring substituents is 1. The van der Waals surface area contributed by atoms with E-state index in [9.17, 15) is 14.5 Å². The number of hydrogen-bond donors (Lipinski definition) is 1. The number of unbranched alkanes of at least 4 members (excludes halogenated alkanes) is 2. The predicted molar refractivity (Wildman–Crippen MR) is 64.3 cm³/mol. The van der Waals surface area contributed by atoms with Crippen LogP contribution in [0.15, 0.2) is 18.2 Å². The fourth-order valence-electron chi connectivity index (χ4n) is 1.60. The summed E-state index contributed by atoms with van der Waals surface area (Å²) in [5, 5.41) is 13.8.